The van der Waals surface area contributed by atoms with Gasteiger partial charge in [0.25, 0.3) is 5.91 Å². The third kappa shape index (κ3) is 2.22. The second kappa shape index (κ2) is 4.85. The van der Waals surface area contributed by atoms with Crippen LogP contribution in [-0.2, 0) is 4.79 Å². The first-order valence-corrected chi connectivity index (χ1v) is 6.90. The summed E-state index contributed by atoms with van der Waals surface area (Å²) in [4.78, 5) is 16.1. The van der Waals surface area contributed by atoms with Crippen molar-refractivity contribution in [3.8, 4) is 5.75 Å². The van der Waals surface area contributed by atoms with E-state index < -0.39 is 6.10 Å². The number of ether oxygens (including phenoxy) is 1. The summed E-state index contributed by atoms with van der Waals surface area (Å²) in [5, 5.41) is 6.15. The second-order valence-electron chi connectivity index (χ2n) is 4.58. The van der Waals surface area contributed by atoms with Gasteiger partial charge in [0, 0.05) is 10.7 Å². The number of fused-ring (bicyclic) bond motifs is 1. The van der Waals surface area contributed by atoms with Crippen LogP contribution < -0.4 is 15.4 Å². The summed E-state index contributed by atoms with van der Waals surface area (Å²) >= 11 is 3.35. The van der Waals surface area contributed by atoms with Crippen LogP contribution in [0.15, 0.2) is 16.7 Å². The molecule has 2 atom stereocenters. The molecule has 2 unspecified atom stereocenters. The monoisotopic (exact) mass is 311 g/mol. The molecule has 0 spiro atoms. The molecule has 0 aromatic carbocycles. The summed E-state index contributed by atoms with van der Waals surface area (Å²) in [6.45, 7) is 0.946. The van der Waals surface area contributed by atoms with Crippen LogP contribution in [0.1, 0.15) is 19.3 Å². The lowest BCUT2D eigenvalue weighted by Gasteiger charge is -2.33. The molecule has 1 aromatic rings. The van der Waals surface area contributed by atoms with E-state index in [1.807, 2.05) is 6.07 Å². The van der Waals surface area contributed by atoms with Crippen LogP contribution in [0.2, 0.25) is 0 Å². The van der Waals surface area contributed by atoms with Gasteiger partial charge in [0.05, 0.1) is 6.04 Å². The molecule has 3 heterocycles. The topological polar surface area (TPSA) is 63.2 Å². The van der Waals surface area contributed by atoms with E-state index in [0.29, 0.717) is 11.6 Å². The molecule has 6 heteroatoms. The van der Waals surface area contributed by atoms with Crippen molar-refractivity contribution in [1.82, 2.24) is 10.3 Å². The Bertz CT molecular complexity index is 474. The van der Waals surface area contributed by atoms with E-state index in [1.165, 1.54) is 0 Å². The minimum absolute atomic E-state index is 0.0888. The van der Waals surface area contributed by atoms with E-state index in [2.05, 4.69) is 31.5 Å². The number of amides is 1. The molecule has 2 N–H and O–H groups in total. The van der Waals surface area contributed by atoms with Crippen molar-refractivity contribution < 1.29 is 9.53 Å². The van der Waals surface area contributed by atoms with E-state index >= 15 is 0 Å². The molecule has 0 bridgehead atoms. The fourth-order valence-electron chi connectivity index (χ4n) is 2.38. The highest BCUT2D eigenvalue weighted by molar-refractivity contribution is 9.10. The van der Waals surface area contributed by atoms with E-state index in [4.69, 9.17) is 4.74 Å². The zero-order valence-electron chi connectivity index (χ0n) is 9.78. The highest BCUT2D eigenvalue weighted by atomic mass is 79.9. The summed E-state index contributed by atoms with van der Waals surface area (Å²) in [5.41, 5.74) is 0. The zero-order chi connectivity index (χ0) is 12.5. The first kappa shape index (κ1) is 11.9. The van der Waals surface area contributed by atoms with Gasteiger partial charge in [-0.2, -0.15) is 0 Å². The normalized spacial score (nSPS) is 27.1. The van der Waals surface area contributed by atoms with Crippen LogP contribution in [0.25, 0.3) is 0 Å². The number of carbonyl (C=O) groups excluding carboxylic acids is 1. The Morgan fingerprint density at radius 3 is 3.11 bits per heavy atom. The third-order valence-corrected chi connectivity index (χ3v) is 3.72. The SMILES string of the molecule is O=C1Nc2ncc(Br)cc2OC1C1CCCCN1. The van der Waals surface area contributed by atoms with Crippen LogP contribution in [-0.4, -0.2) is 29.6 Å². The number of aromatic nitrogens is 1. The predicted octanol–water partition coefficient (Wildman–Crippen LogP) is 1.69. The molecular weight excluding hydrogens is 298 g/mol. The number of nitrogens with zero attached hydrogens (tertiary/aromatic N) is 1. The molecule has 1 amide bonds. The first-order valence-electron chi connectivity index (χ1n) is 6.10. The zero-order valence-corrected chi connectivity index (χ0v) is 11.4. The van der Waals surface area contributed by atoms with Gasteiger partial charge in [0.1, 0.15) is 0 Å². The number of pyridine rings is 1. The van der Waals surface area contributed by atoms with Crippen molar-refractivity contribution in [2.45, 2.75) is 31.4 Å². The summed E-state index contributed by atoms with van der Waals surface area (Å²) < 4.78 is 6.64. The summed E-state index contributed by atoms with van der Waals surface area (Å²) in [5.74, 6) is 1.01. The van der Waals surface area contributed by atoms with Gasteiger partial charge < -0.3 is 15.4 Å². The number of hydrogen-bond donors (Lipinski definition) is 2. The van der Waals surface area contributed by atoms with Crippen LogP contribution in [0, 0.1) is 0 Å². The lowest BCUT2D eigenvalue weighted by Crippen LogP contribution is -2.53. The molecule has 1 saturated heterocycles. The maximum atomic E-state index is 12.0. The van der Waals surface area contributed by atoms with Gasteiger partial charge in [0.2, 0.25) is 0 Å². The highest BCUT2D eigenvalue weighted by Gasteiger charge is 2.35. The van der Waals surface area contributed by atoms with Crippen molar-refractivity contribution in [2.24, 2.45) is 0 Å². The van der Waals surface area contributed by atoms with Gasteiger partial charge in [-0.3, -0.25) is 4.79 Å². The van der Waals surface area contributed by atoms with E-state index in [-0.39, 0.29) is 11.9 Å². The Kier molecular flexibility index (Phi) is 3.22. The molecule has 96 valence electrons. The minimum atomic E-state index is -0.464. The van der Waals surface area contributed by atoms with Crippen molar-refractivity contribution in [1.29, 1.82) is 0 Å². The molecule has 1 aromatic heterocycles. The van der Waals surface area contributed by atoms with Gasteiger partial charge in [-0.1, -0.05) is 6.42 Å². The molecule has 1 fully saturated rings. The Morgan fingerprint density at radius 1 is 1.44 bits per heavy atom. The molecule has 5 nitrogen and oxygen atoms in total. The van der Waals surface area contributed by atoms with E-state index in [1.54, 1.807) is 6.20 Å². The number of carbonyl (C=O) groups is 1. The number of rotatable bonds is 1. The maximum absolute atomic E-state index is 12.0. The number of nitrogens with one attached hydrogen (secondary N) is 2. The van der Waals surface area contributed by atoms with Crippen LogP contribution in [0.5, 0.6) is 5.75 Å². The molecule has 18 heavy (non-hydrogen) atoms. The van der Waals surface area contributed by atoms with Gasteiger partial charge >= 0.3 is 0 Å². The van der Waals surface area contributed by atoms with E-state index in [9.17, 15) is 4.79 Å². The molecule has 0 aliphatic carbocycles. The third-order valence-electron chi connectivity index (χ3n) is 3.29. The smallest absolute Gasteiger partial charge is 0.268 e. The Labute approximate surface area is 113 Å². The maximum Gasteiger partial charge on any atom is 0.268 e. The average Bonchev–Trinajstić information content (AvgIpc) is 2.39. The van der Waals surface area contributed by atoms with Crippen LogP contribution in [0.4, 0.5) is 5.82 Å². The lowest BCUT2D eigenvalue weighted by atomic mass is 9.98. The average molecular weight is 312 g/mol. The molecule has 2 aliphatic heterocycles. The molecule has 2 aliphatic rings. The Hall–Kier alpha value is -1.14. The van der Waals surface area contributed by atoms with Gasteiger partial charge in [-0.05, 0) is 41.4 Å². The summed E-state index contributed by atoms with van der Waals surface area (Å²) in [7, 11) is 0. The van der Waals surface area contributed by atoms with Crippen LogP contribution in [0.3, 0.4) is 0 Å². The first-order chi connectivity index (χ1) is 8.74. The van der Waals surface area contributed by atoms with E-state index in [0.717, 1.165) is 30.3 Å². The van der Waals surface area contributed by atoms with Gasteiger partial charge in [0.15, 0.2) is 17.7 Å². The molecule has 0 radical (unpaired) electrons. The standard InChI is InChI=1S/C12H14BrN3O2/c13-7-5-9-11(15-6-7)16-12(17)10(18-9)8-3-1-2-4-14-8/h5-6,8,10,14H,1-4H2,(H,15,16,17). The molecule has 3 rings (SSSR count). The fraction of sp³-hybridized carbons (Fsp3) is 0.500. The second-order valence-corrected chi connectivity index (χ2v) is 5.50. The lowest BCUT2D eigenvalue weighted by molar-refractivity contribution is -0.125. The summed E-state index contributed by atoms with van der Waals surface area (Å²) in [6.07, 6.45) is 4.44. The van der Waals surface area contributed by atoms with Crippen LogP contribution >= 0.6 is 15.9 Å². The van der Waals surface area contributed by atoms with Gasteiger partial charge in [-0.15, -0.1) is 0 Å². The minimum Gasteiger partial charge on any atom is -0.475 e. The molecule has 0 saturated carbocycles. The fourth-order valence-corrected chi connectivity index (χ4v) is 2.69. The summed E-state index contributed by atoms with van der Waals surface area (Å²) in [6, 6.07) is 1.92. The Balaban J connectivity index is 1.83. The number of hydrogen-bond acceptors (Lipinski definition) is 4. The largest absolute Gasteiger partial charge is 0.475 e. The van der Waals surface area contributed by atoms with Gasteiger partial charge in [-0.25, -0.2) is 4.98 Å². The quantitative estimate of drug-likeness (QED) is 0.828. The number of halogens is 1. The van der Waals surface area contributed by atoms with Crippen molar-refractivity contribution in [3.05, 3.63) is 16.7 Å². The van der Waals surface area contributed by atoms with Crippen molar-refractivity contribution in [2.75, 3.05) is 11.9 Å². The predicted molar refractivity (Wildman–Crippen MR) is 70.6 cm³/mol. The number of anilines is 1. The number of piperidine rings is 1. The Morgan fingerprint density at radius 2 is 2.33 bits per heavy atom. The van der Waals surface area contributed by atoms with Crippen molar-refractivity contribution >= 4 is 27.7 Å². The molecular formula is C12H14BrN3O2. The van der Waals surface area contributed by atoms with Crippen molar-refractivity contribution in [3.63, 3.8) is 0 Å². The highest BCUT2D eigenvalue weighted by Crippen LogP contribution is 2.31.